The van der Waals surface area contributed by atoms with Crippen molar-refractivity contribution < 1.29 is 52.4 Å². The second-order valence-corrected chi connectivity index (χ2v) is 18.4. The minimum Gasteiger partial charge on any atom is -0.462 e. The van der Waals surface area contributed by atoms with Gasteiger partial charge in [-0.2, -0.15) is 0 Å². The molecule has 1 heterocycles. The third-order valence-corrected chi connectivity index (χ3v) is 12.8. The molecule has 0 aliphatic carbocycles. The average molecular weight is 920 g/mol. The van der Waals surface area contributed by atoms with Gasteiger partial charge in [-0.05, 0) is 57.1 Å². The van der Waals surface area contributed by atoms with E-state index in [-0.39, 0.29) is 67.6 Å². The molecule has 2 rings (SSSR count). The van der Waals surface area contributed by atoms with Crippen molar-refractivity contribution in [1.29, 1.82) is 0 Å². The first kappa shape index (κ1) is 57.5. The number of hydrogen-bond acceptors (Lipinski definition) is 12. The Hall–Kier alpha value is -3.67. The van der Waals surface area contributed by atoms with Crippen molar-refractivity contribution in [3.63, 3.8) is 0 Å². The monoisotopic (exact) mass is 920 g/mol. The highest BCUT2D eigenvalue weighted by atomic mass is 16.6. The highest BCUT2D eigenvalue weighted by Gasteiger charge is 2.43. The average Bonchev–Trinajstić information content (AvgIpc) is 3.76. The first-order chi connectivity index (χ1) is 30.9. The van der Waals surface area contributed by atoms with E-state index in [0.717, 1.165) is 5.56 Å². The Kier molecular flexibility index (Phi) is 26.4. The maximum absolute atomic E-state index is 14.5. The summed E-state index contributed by atoms with van der Waals surface area (Å²) in [6.45, 7) is 20.0. The van der Waals surface area contributed by atoms with Crippen LogP contribution in [0.5, 0.6) is 0 Å². The molecular formula is C49H85N5O11. The Morgan fingerprint density at radius 1 is 0.785 bits per heavy atom. The quantitative estimate of drug-likeness (QED) is 0.0798. The fourth-order valence-corrected chi connectivity index (χ4v) is 8.67. The predicted molar refractivity (Wildman–Crippen MR) is 251 cm³/mol. The Morgan fingerprint density at radius 2 is 1.40 bits per heavy atom. The third kappa shape index (κ3) is 17.8. The zero-order chi connectivity index (χ0) is 48.8. The highest BCUT2D eigenvalue weighted by Crippen LogP contribution is 2.30. The molecule has 0 spiro atoms. The molecule has 0 saturated carbocycles. The molecular weight excluding hydrogens is 835 g/mol. The fourth-order valence-electron chi connectivity index (χ4n) is 8.67. The van der Waals surface area contributed by atoms with Crippen LogP contribution >= 0.6 is 0 Å². The number of esters is 1. The molecule has 2 N–H and O–H groups in total. The number of amides is 4. The topological polar surface area (TPSA) is 175 Å². The van der Waals surface area contributed by atoms with Crippen LogP contribution in [0.2, 0.25) is 0 Å². The van der Waals surface area contributed by atoms with Crippen LogP contribution in [0, 0.1) is 23.7 Å². The molecule has 16 nitrogen and oxygen atoms in total. The summed E-state index contributed by atoms with van der Waals surface area (Å²) in [4.78, 5) is 75.6. The van der Waals surface area contributed by atoms with Gasteiger partial charge in [-0.1, -0.05) is 85.2 Å². The van der Waals surface area contributed by atoms with E-state index in [9.17, 15) is 24.0 Å². The van der Waals surface area contributed by atoms with Crippen LogP contribution in [0.4, 0.5) is 0 Å². The van der Waals surface area contributed by atoms with E-state index in [1.165, 1.54) is 7.11 Å². The van der Waals surface area contributed by atoms with E-state index in [1.807, 2.05) is 97.7 Å². The predicted octanol–water partition coefficient (Wildman–Crippen LogP) is 4.36. The lowest BCUT2D eigenvalue weighted by molar-refractivity contribution is -0.151. The van der Waals surface area contributed by atoms with Crippen LogP contribution in [0.15, 0.2) is 30.3 Å². The van der Waals surface area contributed by atoms with Gasteiger partial charge in [0.05, 0.1) is 75.7 Å². The van der Waals surface area contributed by atoms with E-state index in [0.29, 0.717) is 52.2 Å². The lowest BCUT2D eigenvalue weighted by Gasteiger charge is -2.41. The lowest BCUT2D eigenvalue weighted by Crippen LogP contribution is -2.60. The summed E-state index contributed by atoms with van der Waals surface area (Å²) in [6.07, 6.45) is 0.870. The molecule has 1 saturated heterocycles. The van der Waals surface area contributed by atoms with Gasteiger partial charge in [-0.3, -0.25) is 24.1 Å². The molecule has 0 bridgehead atoms. The molecule has 372 valence electrons. The van der Waals surface area contributed by atoms with Gasteiger partial charge in [-0.25, -0.2) is 4.79 Å². The number of likely N-dealkylation sites (tertiary alicyclic amines) is 1. The van der Waals surface area contributed by atoms with Gasteiger partial charge in [0.25, 0.3) is 0 Å². The molecule has 65 heavy (non-hydrogen) atoms. The molecule has 0 unspecified atom stereocenters. The van der Waals surface area contributed by atoms with Gasteiger partial charge in [-0.15, -0.1) is 0 Å². The minimum atomic E-state index is -0.982. The first-order valence-corrected chi connectivity index (χ1v) is 23.7. The number of carbonyl (C=O) groups is 5. The molecule has 1 aromatic carbocycles. The highest BCUT2D eigenvalue weighted by molar-refractivity contribution is 5.90. The van der Waals surface area contributed by atoms with Crippen LogP contribution in [0.1, 0.15) is 93.6 Å². The van der Waals surface area contributed by atoms with Gasteiger partial charge in [0.15, 0.2) is 0 Å². The molecule has 1 fully saturated rings. The molecule has 9 atom stereocenters. The van der Waals surface area contributed by atoms with E-state index in [2.05, 4.69) is 10.6 Å². The number of likely N-dealkylation sites (N-methyl/N-ethyl adjacent to an activating group) is 2. The molecule has 1 aliphatic heterocycles. The summed E-state index contributed by atoms with van der Waals surface area (Å²) in [5.74, 6) is -2.62. The largest absolute Gasteiger partial charge is 0.462 e. The number of ether oxygens (including phenoxy) is 6. The summed E-state index contributed by atoms with van der Waals surface area (Å²) in [7, 11) is 8.34. The second-order valence-electron chi connectivity index (χ2n) is 18.4. The van der Waals surface area contributed by atoms with E-state index in [1.54, 1.807) is 38.0 Å². The summed E-state index contributed by atoms with van der Waals surface area (Å²) < 4.78 is 33.5. The molecule has 1 aliphatic rings. The molecule has 1 aromatic rings. The second kappa shape index (κ2) is 29.9. The Balaban J connectivity index is 2.24. The number of carbonyl (C=O) groups excluding carboxylic acids is 5. The fraction of sp³-hybridized carbons (Fsp3) is 0.776. The third-order valence-electron chi connectivity index (χ3n) is 12.8. The molecule has 0 radical (unpaired) electrons. The van der Waals surface area contributed by atoms with Crippen molar-refractivity contribution in [3.05, 3.63) is 35.9 Å². The molecule has 16 heteroatoms. The summed E-state index contributed by atoms with van der Waals surface area (Å²) in [5.41, 5.74) is 0.845. The van der Waals surface area contributed by atoms with Gasteiger partial charge in [0.2, 0.25) is 23.6 Å². The number of nitrogens with one attached hydrogen (secondary N) is 2. The smallest absolute Gasteiger partial charge is 0.329 e. The van der Waals surface area contributed by atoms with E-state index in [4.69, 9.17) is 28.4 Å². The maximum atomic E-state index is 14.5. The number of hydrogen-bond donors (Lipinski definition) is 2. The van der Waals surface area contributed by atoms with Gasteiger partial charge < -0.3 is 48.9 Å². The summed E-state index contributed by atoms with van der Waals surface area (Å²) in [5, 5.41) is 6.01. The zero-order valence-corrected chi connectivity index (χ0v) is 42.1. The normalized spacial score (nSPS) is 17.9. The van der Waals surface area contributed by atoms with Crippen LogP contribution in [0.25, 0.3) is 0 Å². The van der Waals surface area contributed by atoms with Gasteiger partial charge >= 0.3 is 5.97 Å². The number of rotatable bonds is 31. The SMILES string of the molecule is CC[C@H](C)[C@@H]([C@@H](CC(=O)N1CCC[C@H]1[C@H](OC)[C@@H](C)C(=O)N[C@@H](Cc1ccccc1)C(=O)OCCOCCOCCOC)OC)N(C)C(=O)[C@@H](NC(=O)[C@H](C(C)C)N(C)C(C)C)C(C)C. The van der Waals surface area contributed by atoms with Crippen LogP contribution in [-0.2, 0) is 58.8 Å². The van der Waals surface area contributed by atoms with Crippen molar-refractivity contribution in [2.75, 3.05) is 81.6 Å². The standard InChI is InChI=1S/C49H85N5O11/c1-15-35(8)44(53(11)48(58)42(32(2)3)51-47(57)43(33(4)5)52(10)34(6)7)40(61-13)31-41(55)54-23-19-22-39(54)45(62-14)36(9)46(56)50-38(30-37-20-17-16-18-21-37)49(59)65-29-28-64-27-26-63-25-24-60-12/h16-18,20-21,32-36,38-40,42-45H,15,19,22-31H2,1-14H3,(H,50,56)(H,51,57)/t35-,36+,38-,39-,40+,42-,43-,44-,45+/m0/s1. The van der Waals surface area contributed by atoms with Crippen molar-refractivity contribution in [2.45, 2.75) is 143 Å². The lowest BCUT2D eigenvalue weighted by atomic mass is 9.89. The van der Waals surface area contributed by atoms with Crippen molar-refractivity contribution in [1.82, 2.24) is 25.3 Å². The van der Waals surface area contributed by atoms with Crippen molar-refractivity contribution in [3.8, 4) is 0 Å². The first-order valence-electron chi connectivity index (χ1n) is 23.7. The maximum Gasteiger partial charge on any atom is 0.329 e. The van der Waals surface area contributed by atoms with Crippen LogP contribution in [0.3, 0.4) is 0 Å². The Labute approximate surface area is 390 Å². The molecule has 4 amide bonds. The summed E-state index contributed by atoms with van der Waals surface area (Å²) in [6, 6.07) is 6.38. The summed E-state index contributed by atoms with van der Waals surface area (Å²) >= 11 is 0. The van der Waals surface area contributed by atoms with Crippen LogP contribution in [-0.4, -0.2) is 174 Å². The number of methoxy groups -OCH3 is 3. The zero-order valence-electron chi connectivity index (χ0n) is 42.1. The van der Waals surface area contributed by atoms with Gasteiger partial charge in [0, 0.05) is 47.4 Å². The number of benzene rings is 1. The van der Waals surface area contributed by atoms with E-state index >= 15 is 0 Å². The molecule has 0 aromatic heterocycles. The van der Waals surface area contributed by atoms with Crippen molar-refractivity contribution in [2.24, 2.45) is 23.7 Å². The Morgan fingerprint density at radius 3 is 1.94 bits per heavy atom. The van der Waals surface area contributed by atoms with E-state index < -0.39 is 60.2 Å². The van der Waals surface area contributed by atoms with Crippen molar-refractivity contribution >= 4 is 29.6 Å². The Bertz CT molecular complexity index is 1570. The van der Waals surface area contributed by atoms with Gasteiger partial charge in [0.1, 0.15) is 18.7 Å². The van der Waals surface area contributed by atoms with Crippen LogP contribution < -0.4 is 10.6 Å². The minimum absolute atomic E-state index is 0.00161. The number of nitrogens with zero attached hydrogens (tertiary/aromatic N) is 3.